The monoisotopic (exact) mass is 416 g/mol. The molecule has 7 heteroatoms. The molecule has 3 aromatic rings. The van der Waals surface area contributed by atoms with Crippen molar-refractivity contribution in [3.8, 4) is 0 Å². The smallest absolute Gasteiger partial charge is 0.230 e. The molecule has 0 unspecified atom stereocenters. The van der Waals surface area contributed by atoms with Crippen LogP contribution in [0.1, 0.15) is 16.8 Å². The van der Waals surface area contributed by atoms with Gasteiger partial charge in [0, 0.05) is 11.1 Å². The van der Waals surface area contributed by atoms with E-state index >= 15 is 0 Å². The molecule has 0 spiro atoms. The summed E-state index contributed by atoms with van der Waals surface area (Å²) in [6, 6.07) is 18.5. The van der Waals surface area contributed by atoms with Crippen LogP contribution in [0.15, 0.2) is 60.0 Å². The van der Waals surface area contributed by atoms with E-state index in [4.69, 9.17) is 5.73 Å². The molecule has 2 aromatic carbocycles. The molecule has 0 aliphatic heterocycles. The van der Waals surface area contributed by atoms with E-state index in [1.54, 1.807) is 0 Å². The van der Waals surface area contributed by atoms with Crippen LogP contribution >= 0.6 is 23.7 Å². The van der Waals surface area contributed by atoms with Crippen molar-refractivity contribution in [2.45, 2.75) is 19.3 Å². The average Bonchev–Trinajstić information content (AvgIpc) is 3.08. The van der Waals surface area contributed by atoms with E-state index in [0.717, 1.165) is 31.6 Å². The van der Waals surface area contributed by atoms with Gasteiger partial charge in [0.2, 0.25) is 5.91 Å². The Bertz CT molecular complexity index is 852. The van der Waals surface area contributed by atoms with Gasteiger partial charge in [0.1, 0.15) is 0 Å². The first-order chi connectivity index (χ1) is 13.2. The van der Waals surface area contributed by atoms with Crippen molar-refractivity contribution < 1.29 is 4.79 Å². The van der Waals surface area contributed by atoms with Crippen LogP contribution < -0.4 is 16.4 Å². The van der Waals surface area contributed by atoms with Gasteiger partial charge in [-0.15, -0.1) is 23.7 Å². The first-order valence-corrected chi connectivity index (χ1v) is 9.90. The summed E-state index contributed by atoms with van der Waals surface area (Å²) in [6.45, 7) is 1.91. The second-order valence-electron chi connectivity index (χ2n) is 6.33. The molecule has 148 valence electrons. The maximum atomic E-state index is 12.0. The highest BCUT2D eigenvalue weighted by atomic mass is 35.5. The number of thiazole rings is 1. The number of carbonyl (C=O) groups is 1. The minimum atomic E-state index is -0.0874. The largest absolute Gasteiger partial charge is 0.375 e. The number of rotatable bonds is 9. The molecule has 0 bridgehead atoms. The normalized spacial score (nSPS) is 10.3. The molecule has 1 aromatic heterocycles. The van der Waals surface area contributed by atoms with Gasteiger partial charge in [-0.25, -0.2) is 4.98 Å². The van der Waals surface area contributed by atoms with Crippen LogP contribution in [0.4, 0.5) is 10.8 Å². The number of amides is 1. The van der Waals surface area contributed by atoms with Crippen LogP contribution in [0.25, 0.3) is 0 Å². The Morgan fingerprint density at radius 3 is 2.21 bits per heavy atom. The zero-order valence-corrected chi connectivity index (χ0v) is 17.2. The maximum Gasteiger partial charge on any atom is 0.230 e. The Hall–Kier alpha value is -2.41. The number of hydrogen-bond acceptors (Lipinski definition) is 5. The summed E-state index contributed by atoms with van der Waals surface area (Å²) in [6.07, 6.45) is 2.23. The molecule has 0 aliphatic carbocycles. The number of carbonyl (C=O) groups excluding carboxylic acids is 1. The molecule has 0 aliphatic rings. The first kappa shape index (κ1) is 21.9. The summed E-state index contributed by atoms with van der Waals surface area (Å²) in [5.41, 5.74) is 9.68. The number of halogens is 1. The number of nitrogens with two attached hydrogens (primary N) is 1. The number of benzene rings is 2. The minimum Gasteiger partial charge on any atom is -0.375 e. The van der Waals surface area contributed by atoms with Crippen LogP contribution in [0.5, 0.6) is 0 Å². The van der Waals surface area contributed by atoms with Gasteiger partial charge in [-0.05, 0) is 49.2 Å². The standard InChI is InChI=1S/C21H24N4OS.ClH/c22-21-25-19(15-27-21)14-20(26)24-18-8-6-17(7-9-18)11-13-23-12-10-16-4-2-1-3-5-16;/h1-9,15,23H,10-14H2,(H2,22,25)(H,24,26);1H. The average molecular weight is 417 g/mol. The highest BCUT2D eigenvalue weighted by molar-refractivity contribution is 7.13. The number of aromatic nitrogens is 1. The lowest BCUT2D eigenvalue weighted by Crippen LogP contribution is -2.20. The Labute approximate surface area is 175 Å². The van der Waals surface area contributed by atoms with E-state index in [-0.39, 0.29) is 24.7 Å². The summed E-state index contributed by atoms with van der Waals surface area (Å²) in [4.78, 5) is 16.1. The number of nitrogen functional groups attached to an aromatic ring is 1. The third-order valence-corrected chi connectivity index (χ3v) is 4.90. The third kappa shape index (κ3) is 7.31. The molecule has 5 nitrogen and oxygen atoms in total. The summed E-state index contributed by atoms with van der Waals surface area (Å²) in [5, 5.41) is 8.66. The molecular weight excluding hydrogens is 392 g/mol. The molecule has 1 amide bonds. The van der Waals surface area contributed by atoms with Gasteiger partial charge in [-0.1, -0.05) is 42.5 Å². The lowest BCUT2D eigenvalue weighted by atomic mass is 10.1. The maximum absolute atomic E-state index is 12.0. The highest BCUT2D eigenvalue weighted by Crippen LogP contribution is 2.13. The molecule has 28 heavy (non-hydrogen) atoms. The van der Waals surface area contributed by atoms with Gasteiger partial charge in [-0.2, -0.15) is 0 Å². The second kappa shape index (κ2) is 11.4. The van der Waals surface area contributed by atoms with Crippen molar-refractivity contribution in [3.63, 3.8) is 0 Å². The third-order valence-electron chi connectivity index (χ3n) is 4.17. The Kier molecular flexibility index (Phi) is 8.94. The van der Waals surface area contributed by atoms with Crippen molar-refractivity contribution >= 4 is 40.5 Å². The number of hydrogen-bond donors (Lipinski definition) is 3. The van der Waals surface area contributed by atoms with E-state index in [9.17, 15) is 4.79 Å². The summed E-state index contributed by atoms with van der Waals surface area (Å²) < 4.78 is 0. The molecular formula is C21H25ClN4OS. The highest BCUT2D eigenvalue weighted by Gasteiger charge is 2.07. The summed E-state index contributed by atoms with van der Waals surface area (Å²) in [7, 11) is 0. The Morgan fingerprint density at radius 2 is 1.61 bits per heavy atom. The molecule has 0 saturated carbocycles. The zero-order valence-electron chi connectivity index (χ0n) is 15.6. The molecule has 0 fully saturated rings. The van der Waals surface area contributed by atoms with E-state index < -0.39 is 0 Å². The van der Waals surface area contributed by atoms with Gasteiger partial charge in [0.05, 0.1) is 12.1 Å². The van der Waals surface area contributed by atoms with E-state index in [2.05, 4.69) is 52.0 Å². The summed E-state index contributed by atoms with van der Waals surface area (Å²) >= 11 is 1.35. The molecule has 3 rings (SSSR count). The predicted octanol–water partition coefficient (Wildman–Crippen LogP) is 3.70. The van der Waals surface area contributed by atoms with Crippen LogP contribution in [-0.4, -0.2) is 24.0 Å². The quantitative estimate of drug-likeness (QED) is 0.464. The minimum absolute atomic E-state index is 0. The first-order valence-electron chi connectivity index (χ1n) is 9.02. The van der Waals surface area contributed by atoms with Gasteiger partial charge >= 0.3 is 0 Å². The lowest BCUT2D eigenvalue weighted by Gasteiger charge is -2.07. The molecule has 4 N–H and O–H groups in total. The van der Waals surface area contributed by atoms with Crippen molar-refractivity contribution in [2.24, 2.45) is 0 Å². The number of nitrogens with zero attached hydrogens (tertiary/aromatic N) is 1. The molecule has 0 atom stereocenters. The summed E-state index contributed by atoms with van der Waals surface area (Å²) in [5.74, 6) is -0.0874. The van der Waals surface area contributed by atoms with Gasteiger partial charge in [0.15, 0.2) is 5.13 Å². The van der Waals surface area contributed by atoms with Crippen LogP contribution in [0.3, 0.4) is 0 Å². The van der Waals surface area contributed by atoms with Crippen molar-refractivity contribution in [3.05, 3.63) is 76.8 Å². The van der Waals surface area contributed by atoms with Crippen LogP contribution in [0, 0.1) is 0 Å². The van der Waals surface area contributed by atoms with Crippen molar-refractivity contribution in [2.75, 3.05) is 24.1 Å². The topological polar surface area (TPSA) is 80.0 Å². The second-order valence-corrected chi connectivity index (χ2v) is 7.22. The predicted molar refractivity (Wildman–Crippen MR) is 119 cm³/mol. The fraction of sp³-hybridized carbons (Fsp3) is 0.238. The van der Waals surface area contributed by atoms with Crippen molar-refractivity contribution in [1.82, 2.24) is 10.3 Å². The molecule has 1 heterocycles. The lowest BCUT2D eigenvalue weighted by molar-refractivity contribution is -0.115. The number of anilines is 2. The number of nitrogens with one attached hydrogen (secondary N) is 2. The van der Waals surface area contributed by atoms with E-state index in [1.165, 1.54) is 22.5 Å². The Balaban J connectivity index is 0.00000280. The zero-order chi connectivity index (χ0) is 18.9. The fourth-order valence-corrected chi connectivity index (χ4v) is 3.33. The van der Waals surface area contributed by atoms with Crippen molar-refractivity contribution in [1.29, 1.82) is 0 Å². The molecule has 0 saturated heterocycles. The van der Waals surface area contributed by atoms with Gasteiger partial charge in [0.25, 0.3) is 0 Å². The SMILES string of the molecule is Cl.Nc1nc(CC(=O)Nc2ccc(CCNCCc3ccccc3)cc2)cs1. The van der Waals surface area contributed by atoms with Gasteiger partial charge < -0.3 is 16.4 Å². The van der Waals surface area contributed by atoms with Crippen LogP contribution in [0.2, 0.25) is 0 Å². The Morgan fingerprint density at radius 1 is 0.964 bits per heavy atom. The van der Waals surface area contributed by atoms with E-state index in [0.29, 0.717) is 10.8 Å². The van der Waals surface area contributed by atoms with Gasteiger partial charge in [-0.3, -0.25) is 4.79 Å². The fourth-order valence-electron chi connectivity index (χ4n) is 2.76. The van der Waals surface area contributed by atoms with Crippen LogP contribution in [-0.2, 0) is 24.1 Å². The van der Waals surface area contributed by atoms with E-state index in [1.807, 2.05) is 23.6 Å². The molecule has 0 radical (unpaired) electrons.